The van der Waals surface area contributed by atoms with E-state index in [4.69, 9.17) is 18.9 Å². The van der Waals surface area contributed by atoms with E-state index in [0.29, 0.717) is 41.2 Å². The third kappa shape index (κ3) is 12.4. The maximum absolute atomic E-state index is 11.3. The summed E-state index contributed by atoms with van der Waals surface area (Å²) in [7, 11) is 0. The summed E-state index contributed by atoms with van der Waals surface area (Å²) < 4.78 is 20.1. The van der Waals surface area contributed by atoms with E-state index in [0.717, 1.165) is 0 Å². The molecule has 33 heavy (non-hydrogen) atoms. The summed E-state index contributed by atoms with van der Waals surface area (Å²) in [4.78, 5) is 43.3. The minimum atomic E-state index is -0.327. The number of hydrogen-bond acceptors (Lipinski definition) is 8. The average Bonchev–Trinajstić information content (AvgIpc) is 2.80. The number of alkyl halides is 1. The van der Waals surface area contributed by atoms with Gasteiger partial charge in [0.15, 0.2) is 11.6 Å². The summed E-state index contributed by atoms with van der Waals surface area (Å²) in [5, 5.41) is 0.305. The first-order chi connectivity index (χ1) is 15.7. The van der Waals surface area contributed by atoms with Crippen molar-refractivity contribution < 1.29 is 38.1 Å². The lowest BCUT2D eigenvalue weighted by Crippen LogP contribution is -2.09. The van der Waals surface area contributed by atoms with Crippen LogP contribution >= 0.6 is 15.9 Å². The SMILES string of the molecule is CC(=O)OCCOc1ccc(C(=O)CBr)cc1.CC(=O)OCCOc1ccc(C(C)=O)cc1. The molecule has 0 unspecified atom stereocenters. The second kappa shape index (κ2) is 15.6. The molecule has 0 fully saturated rings. The Morgan fingerprint density at radius 3 is 1.36 bits per heavy atom. The third-order valence-electron chi connectivity index (χ3n) is 3.87. The van der Waals surface area contributed by atoms with Crippen LogP contribution in [-0.2, 0) is 19.1 Å². The topological polar surface area (TPSA) is 105 Å². The van der Waals surface area contributed by atoms with Gasteiger partial charge in [-0.3, -0.25) is 19.2 Å². The molecule has 0 aliphatic rings. The Balaban J connectivity index is 0.000000331. The molecule has 9 heteroatoms. The molecule has 178 valence electrons. The molecule has 0 aliphatic carbocycles. The summed E-state index contributed by atoms with van der Waals surface area (Å²) in [6.45, 7) is 5.25. The Bertz CT molecular complexity index is 907. The van der Waals surface area contributed by atoms with Gasteiger partial charge in [0.2, 0.25) is 0 Å². The van der Waals surface area contributed by atoms with Crippen molar-refractivity contribution in [3.63, 3.8) is 0 Å². The Morgan fingerprint density at radius 1 is 0.636 bits per heavy atom. The van der Waals surface area contributed by atoms with E-state index in [9.17, 15) is 19.2 Å². The van der Waals surface area contributed by atoms with E-state index >= 15 is 0 Å². The van der Waals surface area contributed by atoms with Gasteiger partial charge in [0, 0.05) is 25.0 Å². The lowest BCUT2D eigenvalue weighted by atomic mass is 10.1. The predicted molar refractivity (Wildman–Crippen MR) is 125 cm³/mol. The highest BCUT2D eigenvalue weighted by molar-refractivity contribution is 9.09. The molecule has 0 saturated heterocycles. The molecular weight excluding hydrogens is 496 g/mol. The summed E-state index contributed by atoms with van der Waals surface area (Å²) in [5.74, 6) is 0.686. The molecular formula is C24H27BrO8. The molecule has 0 amide bonds. The van der Waals surface area contributed by atoms with Crippen LogP contribution in [0.2, 0.25) is 0 Å². The van der Waals surface area contributed by atoms with Crippen molar-refractivity contribution in [3.05, 3.63) is 59.7 Å². The molecule has 0 heterocycles. The maximum Gasteiger partial charge on any atom is 0.302 e. The lowest BCUT2D eigenvalue weighted by molar-refractivity contribution is -0.142. The van der Waals surface area contributed by atoms with Crippen molar-refractivity contribution in [1.82, 2.24) is 0 Å². The minimum absolute atomic E-state index is 0.0199. The number of rotatable bonds is 11. The smallest absolute Gasteiger partial charge is 0.302 e. The van der Waals surface area contributed by atoms with Gasteiger partial charge in [0.05, 0.1) is 5.33 Å². The first-order valence-electron chi connectivity index (χ1n) is 10.1. The van der Waals surface area contributed by atoms with Gasteiger partial charge in [-0.05, 0) is 55.5 Å². The molecule has 0 bridgehead atoms. The number of ketones is 2. The zero-order valence-electron chi connectivity index (χ0n) is 18.8. The standard InChI is InChI=1S/C12H13BrO4.C12H14O4/c1-9(14)16-6-7-17-11-4-2-10(3-5-11)12(15)8-13;1-9(13)11-3-5-12(6-4-11)16-8-7-15-10(2)14/h2-5H,6-8H2,1H3;3-6H,7-8H2,1-2H3. The van der Waals surface area contributed by atoms with Crippen LogP contribution in [0.3, 0.4) is 0 Å². The Morgan fingerprint density at radius 2 is 1.03 bits per heavy atom. The zero-order valence-corrected chi connectivity index (χ0v) is 20.4. The van der Waals surface area contributed by atoms with Crippen molar-refractivity contribution in [1.29, 1.82) is 0 Å². The van der Waals surface area contributed by atoms with Crippen molar-refractivity contribution in [2.24, 2.45) is 0 Å². The van der Waals surface area contributed by atoms with Gasteiger partial charge in [0.1, 0.15) is 37.9 Å². The number of carbonyl (C=O) groups is 4. The molecule has 0 spiro atoms. The number of halogens is 1. The fourth-order valence-corrected chi connectivity index (χ4v) is 2.61. The minimum Gasteiger partial charge on any atom is -0.490 e. The number of Topliss-reactive ketones (excluding diaryl/α,β-unsaturated/α-hetero) is 2. The van der Waals surface area contributed by atoms with Crippen LogP contribution in [0.5, 0.6) is 11.5 Å². The van der Waals surface area contributed by atoms with E-state index in [-0.39, 0.29) is 36.7 Å². The second-order valence-corrected chi connectivity index (χ2v) is 7.10. The number of carbonyl (C=O) groups excluding carboxylic acids is 4. The van der Waals surface area contributed by atoms with Gasteiger partial charge in [-0.25, -0.2) is 0 Å². The number of ether oxygens (including phenoxy) is 4. The molecule has 2 aromatic carbocycles. The Hall–Kier alpha value is -3.20. The number of esters is 2. The quantitative estimate of drug-likeness (QED) is 0.188. The van der Waals surface area contributed by atoms with Crippen LogP contribution in [0.1, 0.15) is 41.5 Å². The lowest BCUT2D eigenvalue weighted by Gasteiger charge is -2.06. The molecule has 2 rings (SSSR count). The summed E-state index contributed by atoms with van der Waals surface area (Å²) in [6, 6.07) is 13.6. The first kappa shape index (κ1) is 27.8. The molecule has 2 aromatic rings. The van der Waals surface area contributed by atoms with Gasteiger partial charge >= 0.3 is 11.9 Å². The highest BCUT2D eigenvalue weighted by atomic mass is 79.9. The van der Waals surface area contributed by atoms with Gasteiger partial charge in [-0.2, -0.15) is 0 Å². The molecule has 0 saturated carbocycles. The molecule has 0 N–H and O–H groups in total. The highest BCUT2D eigenvalue weighted by Crippen LogP contribution is 2.13. The van der Waals surface area contributed by atoms with Crippen molar-refractivity contribution in [3.8, 4) is 11.5 Å². The van der Waals surface area contributed by atoms with Crippen LogP contribution in [-0.4, -0.2) is 55.3 Å². The van der Waals surface area contributed by atoms with E-state index in [1.54, 1.807) is 48.5 Å². The average molecular weight is 523 g/mol. The molecule has 0 aliphatic heterocycles. The van der Waals surface area contributed by atoms with E-state index in [1.807, 2.05) is 0 Å². The van der Waals surface area contributed by atoms with Crippen molar-refractivity contribution >= 4 is 39.4 Å². The fraction of sp³-hybridized carbons (Fsp3) is 0.333. The fourth-order valence-electron chi connectivity index (χ4n) is 2.29. The van der Waals surface area contributed by atoms with Crippen LogP contribution in [0.4, 0.5) is 0 Å². The van der Waals surface area contributed by atoms with Gasteiger partial charge in [-0.1, -0.05) is 15.9 Å². The van der Waals surface area contributed by atoms with E-state index < -0.39 is 0 Å². The Kier molecular flexibility index (Phi) is 13.1. The monoisotopic (exact) mass is 522 g/mol. The van der Waals surface area contributed by atoms with Gasteiger partial charge < -0.3 is 18.9 Å². The molecule has 0 aromatic heterocycles. The summed E-state index contributed by atoms with van der Waals surface area (Å²) in [5.41, 5.74) is 1.28. The number of benzene rings is 2. The highest BCUT2D eigenvalue weighted by Gasteiger charge is 2.03. The molecule has 0 atom stereocenters. The van der Waals surface area contributed by atoms with Crippen LogP contribution in [0.15, 0.2) is 48.5 Å². The first-order valence-corrected chi connectivity index (χ1v) is 11.2. The van der Waals surface area contributed by atoms with E-state index in [2.05, 4.69) is 15.9 Å². The molecule has 8 nitrogen and oxygen atoms in total. The number of hydrogen-bond donors (Lipinski definition) is 0. The van der Waals surface area contributed by atoms with E-state index in [1.165, 1.54) is 20.8 Å². The van der Waals surface area contributed by atoms with Crippen LogP contribution < -0.4 is 9.47 Å². The normalized spacial score (nSPS) is 9.70. The summed E-state index contributed by atoms with van der Waals surface area (Å²) >= 11 is 3.11. The van der Waals surface area contributed by atoms with Gasteiger partial charge in [-0.15, -0.1) is 0 Å². The van der Waals surface area contributed by atoms with Crippen molar-refractivity contribution in [2.45, 2.75) is 20.8 Å². The zero-order chi connectivity index (χ0) is 24.6. The third-order valence-corrected chi connectivity index (χ3v) is 4.38. The largest absolute Gasteiger partial charge is 0.490 e. The second-order valence-electron chi connectivity index (χ2n) is 6.54. The van der Waals surface area contributed by atoms with Crippen LogP contribution in [0.25, 0.3) is 0 Å². The predicted octanol–water partition coefficient (Wildman–Crippen LogP) is 4.04. The van der Waals surface area contributed by atoms with Crippen molar-refractivity contribution in [2.75, 3.05) is 31.8 Å². The summed E-state index contributed by atoms with van der Waals surface area (Å²) in [6.07, 6.45) is 0. The Labute approximate surface area is 201 Å². The van der Waals surface area contributed by atoms with Gasteiger partial charge in [0.25, 0.3) is 0 Å². The maximum atomic E-state index is 11.3. The van der Waals surface area contributed by atoms with Crippen LogP contribution in [0, 0.1) is 0 Å². The molecule has 0 radical (unpaired) electrons.